The van der Waals surface area contributed by atoms with E-state index >= 15 is 0 Å². The van der Waals surface area contributed by atoms with Crippen LogP contribution in [0.3, 0.4) is 0 Å². The summed E-state index contributed by atoms with van der Waals surface area (Å²) in [6.45, 7) is 1.45. The summed E-state index contributed by atoms with van der Waals surface area (Å²) in [4.78, 5) is 27.5. The Morgan fingerprint density at radius 3 is 2.57 bits per heavy atom. The summed E-state index contributed by atoms with van der Waals surface area (Å²) in [5.41, 5.74) is 0.920. The lowest BCUT2D eigenvalue weighted by atomic mass is 9.81. The molecule has 0 spiro atoms. The van der Waals surface area contributed by atoms with E-state index < -0.39 is 17.5 Å². The summed E-state index contributed by atoms with van der Waals surface area (Å²) in [5.74, 6) is -1.09. The molecule has 6 nitrogen and oxygen atoms in total. The fourth-order valence-electron chi connectivity index (χ4n) is 3.30. The zero-order valence-corrected chi connectivity index (χ0v) is 12.3. The second-order valence-electron chi connectivity index (χ2n) is 5.72. The number of nitrogens with zero attached hydrogens (tertiary/aromatic N) is 2. The van der Waals surface area contributed by atoms with Crippen molar-refractivity contribution in [3.63, 3.8) is 0 Å². The molecule has 7 heteroatoms. The third-order valence-electron chi connectivity index (χ3n) is 4.40. The van der Waals surface area contributed by atoms with E-state index in [1.54, 1.807) is 0 Å². The summed E-state index contributed by atoms with van der Waals surface area (Å²) in [6, 6.07) is 0. The Bertz CT molecular complexity index is 692. The molecule has 0 bridgehead atoms. The van der Waals surface area contributed by atoms with Crippen molar-refractivity contribution in [1.82, 2.24) is 4.57 Å². The number of halogens is 1. The van der Waals surface area contributed by atoms with Crippen LogP contribution in [0.25, 0.3) is 0 Å². The van der Waals surface area contributed by atoms with Crippen molar-refractivity contribution in [3.05, 3.63) is 22.5 Å². The van der Waals surface area contributed by atoms with E-state index in [0.717, 1.165) is 23.0 Å². The molecule has 0 fully saturated rings. The molecule has 1 aliphatic heterocycles. The van der Waals surface area contributed by atoms with E-state index in [4.69, 9.17) is 11.6 Å². The number of carbonyl (C=O) groups is 2. The molecule has 0 aromatic carbocycles. The van der Waals surface area contributed by atoms with Crippen LogP contribution < -0.4 is 0 Å². The van der Waals surface area contributed by atoms with Crippen molar-refractivity contribution in [2.75, 3.05) is 6.54 Å². The lowest BCUT2D eigenvalue weighted by Gasteiger charge is -2.28. The molecule has 1 unspecified atom stereocenters. The van der Waals surface area contributed by atoms with Gasteiger partial charge in [0, 0.05) is 11.3 Å². The molecular formula is C14H15ClN2O4. The number of aliphatic imine (C=N–C) groups is 1. The summed E-state index contributed by atoms with van der Waals surface area (Å²) >= 11 is 6.18. The van der Waals surface area contributed by atoms with Gasteiger partial charge in [-0.3, -0.25) is 14.4 Å². The van der Waals surface area contributed by atoms with Crippen LogP contribution in [0.5, 0.6) is 0 Å². The maximum Gasteiger partial charge on any atom is 0.416 e. The van der Waals surface area contributed by atoms with E-state index in [-0.39, 0.29) is 17.4 Å². The highest BCUT2D eigenvalue weighted by molar-refractivity contribution is 6.70. The highest BCUT2D eigenvalue weighted by Crippen LogP contribution is 2.40. The van der Waals surface area contributed by atoms with Gasteiger partial charge in [-0.25, -0.2) is 4.79 Å². The Hall–Kier alpha value is -1.82. The number of aromatic nitrogens is 1. The fourth-order valence-corrected chi connectivity index (χ4v) is 3.56. The van der Waals surface area contributed by atoms with Gasteiger partial charge in [0.1, 0.15) is 10.6 Å². The van der Waals surface area contributed by atoms with Crippen molar-refractivity contribution in [3.8, 4) is 0 Å². The van der Waals surface area contributed by atoms with Gasteiger partial charge in [0.25, 0.3) is 0 Å². The van der Waals surface area contributed by atoms with Gasteiger partial charge in [0.05, 0.1) is 12.2 Å². The van der Waals surface area contributed by atoms with Crippen LogP contribution in [0, 0.1) is 0 Å². The Labute approximate surface area is 126 Å². The monoisotopic (exact) mass is 310 g/mol. The van der Waals surface area contributed by atoms with Crippen LogP contribution in [0.2, 0.25) is 0 Å². The molecular weight excluding hydrogens is 296 g/mol. The van der Waals surface area contributed by atoms with Crippen molar-refractivity contribution in [2.24, 2.45) is 4.99 Å². The van der Waals surface area contributed by atoms with Crippen LogP contribution >= 0.6 is 11.6 Å². The third-order valence-corrected chi connectivity index (χ3v) is 4.71. The molecule has 2 N–H and O–H groups in total. The SMILES string of the molecule is CC1(C(=O)O)CN=C(Cl)c2c3c(n(C(=O)O)c21)CCCC3. The van der Waals surface area contributed by atoms with E-state index in [1.807, 2.05) is 0 Å². The minimum atomic E-state index is -1.37. The standard InChI is InChI=1S/C14H15ClN2O4/c1-14(12(18)19)6-16-11(15)9-7-4-2-3-5-8(7)17(10(9)14)13(20)21/h2-6H2,1H3,(H,18,19)(H,20,21). The molecule has 0 saturated heterocycles. The third kappa shape index (κ3) is 1.82. The molecule has 0 saturated carbocycles. The molecule has 112 valence electrons. The predicted octanol–water partition coefficient (Wildman–Crippen LogP) is 2.23. The van der Waals surface area contributed by atoms with Crippen LogP contribution in [0.1, 0.15) is 42.3 Å². The van der Waals surface area contributed by atoms with Crippen LogP contribution in [-0.2, 0) is 23.1 Å². The highest BCUT2D eigenvalue weighted by atomic mass is 35.5. The predicted molar refractivity (Wildman–Crippen MR) is 76.7 cm³/mol. The smallest absolute Gasteiger partial charge is 0.416 e. The van der Waals surface area contributed by atoms with Crippen LogP contribution in [0.4, 0.5) is 4.79 Å². The molecule has 0 amide bonds. The minimum absolute atomic E-state index is 0.0513. The van der Waals surface area contributed by atoms with Crippen molar-refractivity contribution >= 4 is 28.8 Å². The Kier molecular flexibility index (Phi) is 3.09. The van der Waals surface area contributed by atoms with Gasteiger partial charge in [0.15, 0.2) is 0 Å². The largest absolute Gasteiger partial charge is 0.480 e. The molecule has 1 aromatic heterocycles. The van der Waals surface area contributed by atoms with Gasteiger partial charge in [-0.2, -0.15) is 0 Å². The molecule has 1 atom stereocenters. The van der Waals surface area contributed by atoms with Gasteiger partial charge < -0.3 is 10.2 Å². The first-order valence-electron chi connectivity index (χ1n) is 6.82. The minimum Gasteiger partial charge on any atom is -0.480 e. The van der Waals surface area contributed by atoms with Crippen molar-refractivity contribution < 1.29 is 19.8 Å². The summed E-state index contributed by atoms with van der Waals surface area (Å²) < 4.78 is 1.13. The van der Waals surface area contributed by atoms with Gasteiger partial charge in [-0.1, -0.05) is 11.6 Å². The molecule has 1 aromatic rings. The van der Waals surface area contributed by atoms with Crippen LogP contribution in [-0.4, -0.2) is 38.6 Å². The number of carboxylic acid groups (broad SMARTS) is 2. The topological polar surface area (TPSA) is 91.9 Å². The number of fused-ring (bicyclic) bond motifs is 3. The lowest BCUT2D eigenvalue weighted by Crippen LogP contribution is -2.42. The first kappa shape index (κ1) is 14.1. The van der Waals surface area contributed by atoms with Gasteiger partial charge >= 0.3 is 12.1 Å². The number of carboxylic acids is 1. The van der Waals surface area contributed by atoms with E-state index in [9.17, 15) is 19.8 Å². The lowest BCUT2D eigenvalue weighted by molar-refractivity contribution is -0.143. The van der Waals surface area contributed by atoms with Crippen molar-refractivity contribution in [1.29, 1.82) is 0 Å². The maximum atomic E-state index is 11.7. The number of rotatable bonds is 1. The maximum absolute atomic E-state index is 11.7. The summed E-state index contributed by atoms with van der Waals surface area (Å²) in [5, 5.41) is 19.4. The van der Waals surface area contributed by atoms with Gasteiger partial charge in [0.2, 0.25) is 0 Å². The van der Waals surface area contributed by atoms with Crippen LogP contribution in [0.15, 0.2) is 4.99 Å². The molecule has 0 radical (unpaired) electrons. The fraction of sp³-hybridized carbons (Fsp3) is 0.500. The van der Waals surface area contributed by atoms with Gasteiger partial charge in [-0.05, 0) is 38.2 Å². The quantitative estimate of drug-likeness (QED) is 0.832. The second kappa shape index (κ2) is 4.59. The average Bonchev–Trinajstić information content (AvgIpc) is 2.79. The number of hydrogen-bond donors (Lipinski definition) is 2. The second-order valence-corrected chi connectivity index (χ2v) is 6.08. The Morgan fingerprint density at radius 1 is 1.29 bits per heavy atom. The molecule has 2 heterocycles. The highest BCUT2D eigenvalue weighted by Gasteiger charge is 2.47. The Morgan fingerprint density at radius 2 is 1.95 bits per heavy atom. The van der Waals surface area contributed by atoms with Crippen molar-refractivity contribution in [2.45, 2.75) is 38.0 Å². The zero-order valence-electron chi connectivity index (χ0n) is 11.5. The number of hydrogen-bond acceptors (Lipinski definition) is 3. The molecule has 2 aliphatic rings. The Balaban J connectivity index is 2.40. The first-order valence-corrected chi connectivity index (χ1v) is 7.19. The molecule has 1 aliphatic carbocycles. The van der Waals surface area contributed by atoms with E-state index in [0.29, 0.717) is 24.1 Å². The van der Waals surface area contributed by atoms with E-state index in [2.05, 4.69) is 4.99 Å². The summed E-state index contributed by atoms with van der Waals surface area (Å²) in [7, 11) is 0. The normalized spacial score (nSPS) is 24.0. The number of aliphatic carboxylic acids is 1. The molecule has 21 heavy (non-hydrogen) atoms. The zero-order chi connectivity index (χ0) is 15.4. The molecule has 3 rings (SSSR count). The average molecular weight is 311 g/mol. The summed E-state index contributed by atoms with van der Waals surface area (Å²) in [6.07, 6.45) is 2.00. The first-order chi connectivity index (χ1) is 9.88. The van der Waals surface area contributed by atoms with Gasteiger partial charge in [-0.15, -0.1) is 0 Å². The van der Waals surface area contributed by atoms with E-state index in [1.165, 1.54) is 6.92 Å².